The summed E-state index contributed by atoms with van der Waals surface area (Å²) in [4.78, 5) is 0. The lowest BCUT2D eigenvalue weighted by atomic mass is 10.1. The zero-order valence-corrected chi connectivity index (χ0v) is 12.7. The number of hydrogen-bond acceptors (Lipinski definition) is 6. The van der Waals surface area contributed by atoms with Crippen molar-refractivity contribution < 1.29 is 4.74 Å². The smallest absolute Gasteiger partial charge is 0.167 e. The first-order valence-corrected chi connectivity index (χ1v) is 7.75. The van der Waals surface area contributed by atoms with Gasteiger partial charge in [-0.3, -0.25) is 0 Å². The number of methoxy groups -OCH3 is 1. The van der Waals surface area contributed by atoms with E-state index in [4.69, 9.17) is 4.74 Å². The van der Waals surface area contributed by atoms with Crippen molar-refractivity contribution in [2.24, 2.45) is 0 Å². The molecule has 2 unspecified atom stereocenters. The lowest BCUT2D eigenvalue weighted by Crippen LogP contribution is -2.30. The van der Waals surface area contributed by atoms with Crippen molar-refractivity contribution in [2.45, 2.75) is 44.0 Å². The number of thioether (sulfide) groups is 1. The Hall–Kier alpha value is -0.660. The fourth-order valence-electron chi connectivity index (χ4n) is 2.38. The zero-order chi connectivity index (χ0) is 13.7. The first-order chi connectivity index (χ1) is 9.14. The monoisotopic (exact) mass is 285 g/mol. The molecule has 0 spiro atoms. The molecule has 1 saturated heterocycles. The summed E-state index contributed by atoms with van der Waals surface area (Å²) in [7, 11) is 1.70. The molecule has 2 rings (SSSR count). The molecule has 0 aliphatic carbocycles. The van der Waals surface area contributed by atoms with Crippen LogP contribution in [-0.4, -0.2) is 51.0 Å². The standard InChI is InChI=1S/C12H23N5OS/c1-10(13-6-7-18-3)11-14-15-16-17(11)9-12(2)5-4-8-19-12/h10,13H,4-9H2,1-3H3. The van der Waals surface area contributed by atoms with Crippen LogP contribution < -0.4 is 5.32 Å². The van der Waals surface area contributed by atoms with Crippen LogP contribution in [0.1, 0.15) is 38.6 Å². The topological polar surface area (TPSA) is 64.9 Å². The van der Waals surface area contributed by atoms with Gasteiger partial charge in [0, 0.05) is 18.4 Å². The van der Waals surface area contributed by atoms with Gasteiger partial charge in [-0.1, -0.05) is 0 Å². The van der Waals surface area contributed by atoms with Crippen molar-refractivity contribution in [3.05, 3.63) is 5.82 Å². The molecule has 0 bridgehead atoms. The summed E-state index contributed by atoms with van der Waals surface area (Å²) < 4.78 is 7.26. The third-order valence-corrected chi connectivity index (χ3v) is 5.01. The maximum absolute atomic E-state index is 5.04. The third kappa shape index (κ3) is 3.90. The largest absolute Gasteiger partial charge is 0.383 e. The Morgan fingerprint density at radius 1 is 1.58 bits per heavy atom. The molecule has 108 valence electrons. The van der Waals surface area contributed by atoms with E-state index in [2.05, 4.69) is 34.7 Å². The van der Waals surface area contributed by atoms with E-state index >= 15 is 0 Å². The maximum Gasteiger partial charge on any atom is 0.167 e. The van der Waals surface area contributed by atoms with Crippen LogP contribution in [0.15, 0.2) is 0 Å². The highest BCUT2D eigenvalue weighted by molar-refractivity contribution is 8.00. The molecule has 2 atom stereocenters. The molecule has 1 aromatic heterocycles. The van der Waals surface area contributed by atoms with Crippen LogP contribution in [0.5, 0.6) is 0 Å². The van der Waals surface area contributed by atoms with E-state index in [1.165, 1.54) is 18.6 Å². The molecule has 0 amide bonds. The Bertz CT molecular complexity index is 391. The number of nitrogens with zero attached hydrogens (tertiary/aromatic N) is 4. The molecule has 1 N–H and O–H groups in total. The molecular formula is C12H23N5OS. The predicted molar refractivity (Wildman–Crippen MR) is 76.2 cm³/mol. The van der Waals surface area contributed by atoms with E-state index in [1.807, 2.05) is 16.4 Å². The zero-order valence-electron chi connectivity index (χ0n) is 11.9. The van der Waals surface area contributed by atoms with Gasteiger partial charge >= 0.3 is 0 Å². The number of rotatable bonds is 7. The van der Waals surface area contributed by atoms with E-state index < -0.39 is 0 Å². The molecule has 0 aromatic carbocycles. The molecule has 1 aliphatic rings. The lowest BCUT2D eigenvalue weighted by Gasteiger charge is -2.23. The molecule has 0 radical (unpaired) electrons. The van der Waals surface area contributed by atoms with Crippen molar-refractivity contribution in [3.8, 4) is 0 Å². The Morgan fingerprint density at radius 2 is 2.42 bits per heavy atom. The summed E-state index contributed by atoms with van der Waals surface area (Å²) in [5.74, 6) is 2.15. The van der Waals surface area contributed by atoms with E-state index in [0.717, 1.165) is 18.9 Å². The van der Waals surface area contributed by atoms with Crippen LogP contribution in [-0.2, 0) is 11.3 Å². The van der Waals surface area contributed by atoms with Gasteiger partial charge in [-0.05, 0) is 42.9 Å². The second kappa shape index (κ2) is 6.67. The third-order valence-electron chi connectivity index (χ3n) is 3.49. The first-order valence-electron chi connectivity index (χ1n) is 6.77. The average Bonchev–Trinajstić information content (AvgIpc) is 2.99. The normalized spacial score (nSPS) is 24.8. The molecular weight excluding hydrogens is 262 g/mol. The number of ether oxygens (including phenoxy) is 1. The van der Waals surface area contributed by atoms with E-state index in [0.29, 0.717) is 6.61 Å². The predicted octanol–water partition coefficient (Wildman–Crippen LogP) is 1.26. The van der Waals surface area contributed by atoms with Gasteiger partial charge in [-0.25, -0.2) is 4.68 Å². The molecule has 1 aliphatic heterocycles. The molecule has 19 heavy (non-hydrogen) atoms. The molecule has 1 fully saturated rings. The van der Waals surface area contributed by atoms with Crippen molar-refractivity contribution >= 4 is 11.8 Å². The summed E-state index contributed by atoms with van der Waals surface area (Å²) in [5.41, 5.74) is 0. The first kappa shape index (κ1) is 14.7. The molecule has 6 nitrogen and oxygen atoms in total. The number of nitrogens with one attached hydrogen (secondary N) is 1. The van der Waals surface area contributed by atoms with Crippen LogP contribution in [0.4, 0.5) is 0 Å². The van der Waals surface area contributed by atoms with E-state index in [1.54, 1.807) is 7.11 Å². The van der Waals surface area contributed by atoms with Crippen LogP contribution in [0.2, 0.25) is 0 Å². The highest BCUT2D eigenvalue weighted by atomic mass is 32.2. The average molecular weight is 285 g/mol. The van der Waals surface area contributed by atoms with Crippen molar-refractivity contribution in [1.29, 1.82) is 0 Å². The molecule has 0 saturated carbocycles. The summed E-state index contributed by atoms with van der Waals surface area (Å²) in [6.45, 7) is 6.77. The maximum atomic E-state index is 5.04. The van der Waals surface area contributed by atoms with Crippen LogP contribution in [0.25, 0.3) is 0 Å². The van der Waals surface area contributed by atoms with Crippen molar-refractivity contribution in [3.63, 3.8) is 0 Å². The van der Waals surface area contributed by atoms with E-state index in [-0.39, 0.29) is 10.8 Å². The minimum Gasteiger partial charge on any atom is -0.383 e. The highest BCUT2D eigenvalue weighted by Gasteiger charge is 2.31. The molecule has 1 aromatic rings. The second-order valence-electron chi connectivity index (χ2n) is 5.27. The van der Waals surface area contributed by atoms with Gasteiger partial charge in [0.25, 0.3) is 0 Å². The van der Waals surface area contributed by atoms with Crippen LogP contribution in [0.3, 0.4) is 0 Å². The van der Waals surface area contributed by atoms with Crippen LogP contribution in [0, 0.1) is 0 Å². The minimum atomic E-state index is 0.139. The van der Waals surface area contributed by atoms with Gasteiger partial charge in [-0.2, -0.15) is 11.8 Å². The Kier molecular flexibility index (Phi) is 5.18. The summed E-state index contributed by atoms with van der Waals surface area (Å²) in [6, 6.07) is 0.139. The fourth-order valence-corrected chi connectivity index (χ4v) is 3.67. The Labute approximate surface area is 118 Å². The van der Waals surface area contributed by atoms with Crippen molar-refractivity contribution in [1.82, 2.24) is 25.5 Å². The van der Waals surface area contributed by atoms with Gasteiger partial charge in [0.1, 0.15) is 0 Å². The highest BCUT2D eigenvalue weighted by Crippen LogP contribution is 2.39. The minimum absolute atomic E-state index is 0.139. The molecule has 2 heterocycles. The number of tetrazole rings is 1. The molecule has 7 heteroatoms. The van der Waals surface area contributed by atoms with Crippen molar-refractivity contribution in [2.75, 3.05) is 26.0 Å². The lowest BCUT2D eigenvalue weighted by molar-refractivity contribution is 0.195. The second-order valence-corrected chi connectivity index (χ2v) is 6.95. The van der Waals surface area contributed by atoms with Gasteiger partial charge in [0.05, 0.1) is 19.2 Å². The summed E-state index contributed by atoms with van der Waals surface area (Å²) in [5, 5.41) is 15.5. The summed E-state index contributed by atoms with van der Waals surface area (Å²) in [6.07, 6.45) is 2.53. The quantitative estimate of drug-likeness (QED) is 0.761. The SMILES string of the molecule is COCCNC(C)c1nnnn1CC1(C)CCCS1. The fraction of sp³-hybridized carbons (Fsp3) is 0.917. The van der Waals surface area contributed by atoms with Gasteiger partial charge in [0.2, 0.25) is 0 Å². The number of hydrogen-bond donors (Lipinski definition) is 1. The van der Waals surface area contributed by atoms with Crippen LogP contribution >= 0.6 is 11.8 Å². The Morgan fingerprint density at radius 3 is 3.11 bits per heavy atom. The van der Waals surface area contributed by atoms with E-state index in [9.17, 15) is 0 Å². The summed E-state index contributed by atoms with van der Waals surface area (Å²) >= 11 is 2.03. The number of aromatic nitrogens is 4. The van der Waals surface area contributed by atoms with Gasteiger partial charge < -0.3 is 10.1 Å². The Balaban J connectivity index is 1.96. The van der Waals surface area contributed by atoms with Gasteiger partial charge in [0.15, 0.2) is 5.82 Å². The van der Waals surface area contributed by atoms with Gasteiger partial charge in [-0.15, -0.1) is 5.10 Å².